The van der Waals surface area contributed by atoms with Gasteiger partial charge in [-0.05, 0) is 55.5 Å². The summed E-state index contributed by atoms with van der Waals surface area (Å²) in [6.07, 6.45) is 1.04. The third-order valence-corrected chi connectivity index (χ3v) is 5.78. The number of nitrogens with one attached hydrogen (secondary N) is 2. The van der Waals surface area contributed by atoms with Crippen LogP contribution in [-0.4, -0.2) is 61.0 Å². The molecule has 1 spiro atoms. The van der Waals surface area contributed by atoms with Crippen LogP contribution >= 0.6 is 0 Å². The van der Waals surface area contributed by atoms with Crippen molar-refractivity contribution in [1.82, 2.24) is 10.2 Å². The Hall–Kier alpha value is -3.88. The van der Waals surface area contributed by atoms with E-state index in [9.17, 15) is 14.4 Å². The van der Waals surface area contributed by atoms with Crippen LogP contribution in [0, 0.1) is 0 Å². The Morgan fingerprint density at radius 3 is 2.36 bits per heavy atom. The summed E-state index contributed by atoms with van der Waals surface area (Å²) in [5.41, 5.74) is 1.46. The zero-order chi connectivity index (χ0) is 23.4. The highest BCUT2D eigenvalue weighted by atomic mass is 16.5. The highest BCUT2D eigenvalue weighted by molar-refractivity contribution is 6.46. The molecular weight excluding hydrogens is 424 g/mol. The van der Waals surface area contributed by atoms with Crippen molar-refractivity contribution < 1.29 is 23.9 Å². The zero-order valence-electron chi connectivity index (χ0n) is 18.6. The van der Waals surface area contributed by atoms with Crippen molar-refractivity contribution >= 4 is 29.3 Å². The topological polar surface area (TPSA) is 109 Å². The highest BCUT2D eigenvalue weighted by Gasteiger charge is 2.42. The minimum Gasteiger partial charge on any atom is -0.497 e. The Morgan fingerprint density at radius 1 is 1.09 bits per heavy atom. The van der Waals surface area contributed by atoms with Gasteiger partial charge in [0.1, 0.15) is 17.1 Å². The maximum absolute atomic E-state index is 12.7. The number of ether oxygens (including phenoxy) is 2. The first kappa shape index (κ1) is 22.3. The van der Waals surface area contributed by atoms with Gasteiger partial charge in [-0.1, -0.05) is 0 Å². The third kappa shape index (κ3) is 4.82. The number of hydrogen-bond donors (Lipinski definition) is 2. The molecule has 172 valence electrons. The molecule has 9 nitrogen and oxygen atoms in total. The molecule has 0 atom stereocenters. The minimum atomic E-state index is -0.690. The SMILES string of the molecule is CCOC(=O)c1ccc(NC(=O)N2CCC3(CC2)N=C(c2ccc(OC)cc2)C(=O)N3)cc1. The number of aliphatic imine (C=N–C) groups is 1. The van der Waals surface area contributed by atoms with Crippen molar-refractivity contribution in [3.05, 3.63) is 59.7 Å². The van der Waals surface area contributed by atoms with Crippen LogP contribution in [0.2, 0.25) is 0 Å². The summed E-state index contributed by atoms with van der Waals surface area (Å²) in [5, 5.41) is 5.85. The molecule has 33 heavy (non-hydrogen) atoms. The van der Waals surface area contributed by atoms with Crippen molar-refractivity contribution in [2.24, 2.45) is 4.99 Å². The molecule has 0 saturated carbocycles. The van der Waals surface area contributed by atoms with Crippen LogP contribution in [0.1, 0.15) is 35.7 Å². The van der Waals surface area contributed by atoms with Gasteiger partial charge in [-0.15, -0.1) is 0 Å². The molecule has 2 aromatic rings. The van der Waals surface area contributed by atoms with Crippen molar-refractivity contribution in [1.29, 1.82) is 0 Å². The normalized spacial score (nSPS) is 16.7. The Kier molecular flexibility index (Phi) is 6.30. The number of piperidine rings is 1. The summed E-state index contributed by atoms with van der Waals surface area (Å²) in [7, 11) is 1.59. The largest absolute Gasteiger partial charge is 0.497 e. The van der Waals surface area contributed by atoms with Gasteiger partial charge in [0, 0.05) is 37.2 Å². The highest BCUT2D eigenvalue weighted by Crippen LogP contribution is 2.29. The second kappa shape index (κ2) is 9.32. The minimum absolute atomic E-state index is 0.209. The number of esters is 1. The van der Waals surface area contributed by atoms with Gasteiger partial charge in [0.15, 0.2) is 0 Å². The van der Waals surface area contributed by atoms with Gasteiger partial charge in [0.05, 0.1) is 19.3 Å². The summed E-state index contributed by atoms with van der Waals surface area (Å²) in [5.74, 6) is 0.104. The zero-order valence-corrected chi connectivity index (χ0v) is 18.6. The number of amides is 3. The van der Waals surface area contributed by atoms with E-state index < -0.39 is 11.6 Å². The quantitative estimate of drug-likeness (QED) is 0.681. The fourth-order valence-corrected chi connectivity index (χ4v) is 3.93. The number of carbonyl (C=O) groups is 3. The van der Waals surface area contributed by atoms with E-state index >= 15 is 0 Å². The first-order chi connectivity index (χ1) is 15.9. The number of urea groups is 1. The second-order valence-corrected chi connectivity index (χ2v) is 7.89. The van der Waals surface area contributed by atoms with E-state index in [1.165, 1.54) is 0 Å². The first-order valence-corrected chi connectivity index (χ1v) is 10.8. The van der Waals surface area contributed by atoms with Gasteiger partial charge < -0.3 is 25.0 Å². The molecule has 2 heterocycles. The van der Waals surface area contributed by atoms with Crippen LogP contribution in [0.15, 0.2) is 53.5 Å². The van der Waals surface area contributed by atoms with E-state index in [2.05, 4.69) is 10.6 Å². The number of methoxy groups -OCH3 is 1. The van der Waals surface area contributed by atoms with E-state index in [1.54, 1.807) is 55.3 Å². The lowest BCUT2D eigenvalue weighted by atomic mass is 9.98. The fraction of sp³-hybridized carbons (Fsp3) is 0.333. The van der Waals surface area contributed by atoms with Crippen LogP contribution in [-0.2, 0) is 9.53 Å². The smallest absolute Gasteiger partial charge is 0.338 e. The van der Waals surface area contributed by atoms with Crippen molar-refractivity contribution in [3.63, 3.8) is 0 Å². The molecule has 1 saturated heterocycles. The molecule has 0 aromatic heterocycles. The standard InChI is InChI=1S/C24H26N4O5/c1-3-33-22(30)17-4-8-18(9-5-17)25-23(31)28-14-12-24(13-15-28)26-20(21(29)27-24)16-6-10-19(32-2)11-7-16/h4-11H,3,12-15H2,1-2H3,(H,25,31)(H,27,29). The fourth-order valence-electron chi connectivity index (χ4n) is 3.93. The summed E-state index contributed by atoms with van der Waals surface area (Å²) >= 11 is 0. The average molecular weight is 450 g/mol. The number of hydrogen-bond acceptors (Lipinski definition) is 6. The molecule has 0 radical (unpaired) electrons. The molecule has 1 fully saturated rings. The molecule has 4 rings (SSSR count). The number of anilines is 1. The molecular formula is C24H26N4O5. The first-order valence-electron chi connectivity index (χ1n) is 10.8. The molecule has 0 aliphatic carbocycles. The van der Waals surface area contributed by atoms with E-state index in [0.717, 1.165) is 5.56 Å². The summed E-state index contributed by atoms with van der Waals surface area (Å²) in [4.78, 5) is 43.4. The van der Waals surface area contributed by atoms with Crippen LogP contribution in [0.25, 0.3) is 0 Å². The molecule has 2 aromatic carbocycles. The van der Waals surface area contributed by atoms with Crippen LogP contribution in [0.5, 0.6) is 5.75 Å². The van der Waals surface area contributed by atoms with Gasteiger partial charge >= 0.3 is 12.0 Å². The van der Waals surface area contributed by atoms with Gasteiger partial charge in [0.2, 0.25) is 0 Å². The van der Waals surface area contributed by atoms with Gasteiger partial charge in [0.25, 0.3) is 5.91 Å². The summed E-state index contributed by atoms with van der Waals surface area (Å²) in [6, 6.07) is 13.5. The van der Waals surface area contributed by atoms with Crippen LogP contribution in [0.4, 0.5) is 10.5 Å². The average Bonchev–Trinajstić information content (AvgIpc) is 3.15. The number of rotatable bonds is 5. The monoisotopic (exact) mass is 450 g/mol. The van der Waals surface area contributed by atoms with Gasteiger partial charge in [-0.3, -0.25) is 9.79 Å². The van der Waals surface area contributed by atoms with Crippen molar-refractivity contribution in [2.75, 3.05) is 32.1 Å². The third-order valence-electron chi connectivity index (χ3n) is 5.78. The van der Waals surface area contributed by atoms with E-state index in [1.807, 2.05) is 12.1 Å². The molecule has 2 aliphatic rings. The van der Waals surface area contributed by atoms with Crippen molar-refractivity contribution in [2.45, 2.75) is 25.4 Å². The molecule has 0 bridgehead atoms. The Bertz CT molecular complexity index is 1070. The molecule has 0 unspecified atom stereocenters. The number of carbonyl (C=O) groups excluding carboxylic acids is 3. The molecule has 2 aliphatic heterocycles. The molecule has 9 heteroatoms. The van der Waals surface area contributed by atoms with E-state index in [-0.39, 0.29) is 11.9 Å². The second-order valence-electron chi connectivity index (χ2n) is 7.89. The molecule has 3 amide bonds. The lowest BCUT2D eigenvalue weighted by Crippen LogP contribution is -2.53. The number of benzene rings is 2. The Balaban J connectivity index is 1.36. The maximum Gasteiger partial charge on any atom is 0.338 e. The Labute approximate surface area is 191 Å². The van der Waals surface area contributed by atoms with E-state index in [0.29, 0.717) is 55.3 Å². The predicted octanol–water partition coefficient (Wildman–Crippen LogP) is 2.82. The lowest BCUT2D eigenvalue weighted by molar-refractivity contribution is -0.115. The lowest BCUT2D eigenvalue weighted by Gasteiger charge is -2.37. The summed E-state index contributed by atoms with van der Waals surface area (Å²) in [6.45, 7) is 2.95. The number of likely N-dealkylation sites (tertiary alicyclic amines) is 1. The summed E-state index contributed by atoms with van der Waals surface area (Å²) < 4.78 is 10.1. The van der Waals surface area contributed by atoms with Crippen LogP contribution < -0.4 is 15.4 Å². The maximum atomic E-state index is 12.7. The van der Waals surface area contributed by atoms with Crippen molar-refractivity contribution in [3.8, 4) is 5.75 Å². The van der Waals surface area contributed by atoms with E-state index in [4.69, 9.17) is 14.5 Å². The Morgan fingerprint density at radius 2 is 1.76 bits per heavy atom. The molecule has 2 N–H and O–H groups in total. The number of nitrogens with zero attached hydrogens (tertiary/aromatic N) is 2. The predicted molar refractivity (Wildman–Crippen MR) is 123 cm³/mol. The van der Waals surface area contributed by atoms with Gasteiger partial charge in [-0.25, -0.2) is 9.59 Å². The van der Waals surface area contributed by atoms with Gasteiger partial charge in [-0.2, -0.15) is 0 Å². The van der Waals surface area contributed by atoms with Crippen LogP contribution in [0.3, 0.4) is 0 Å².